The van der Waals surface area contributed by atoms with Crippen LogP contribution in [-0.4, -0.2) is 15.1 Å². The fraction of sp³-hybridized carbons (Fsp3) is 0.533. The smallest absolute Gasteiger partial charge is 0.247 e. The highest BCUT2D eigenvalue weighted by atomic mass is 16.5. The van der Waals surface area contributed by atoms with Crippen LogP contribution in [0.4, 0.5) is 0 Å². The summed E-state index contributed by atoms with van der Waals surface area (Å²) in [5.41, 5.74) is 7.83. The predicted octanol–water partition coefficient (Wildman–Crippen LogP) is 2.80. The highest BCUT2D eigenvalue weighted by Crippen LogP contribution is 2.37. The van der Waals surface area contributed by atoms with Crippen molar-refractivity contribution < 1.29 is 4.52 Å². The van der Waals surface area contributed by atoms with Gasteiger partial charge in [0.1, 0.15) is 5.69 Å². The number of nitrogens with two attached hydrogens (primary N) is 1. The maximum Gasteiger partial charge on any atom is 0.247 e. The standard InChI is InChI=1S/C15H20N4O/c1-10-3-6-15(16,7-4-10)14-18-13(19-20-14)12-9-11(2)5-8-17-12/h5,8-10H,3-4,6-7,16H2,1-2H3. The zero-order valence-corrected chi connectivity index (χ0v) is 12.0. The van der Waals surface area contributed by atoms with E-state index < -0.39 is 5.54 Å². The summed E-state index contributed by atoms with van der Waals surface area (Å²) in [6.07, 6.45) is 5.77. The Morgan fingerprint density at radius 2 is 2.10 bits per heavy atom. The van der Waals surface area contributed by atoms with Crippen LogP contribution in [0.3, 0.4) is 0 Å². The van der Waals surface area contributed by atoms with Gasteiger partial charge in [-0.25, -0.2) is 0 Å². The molecule has 1 aliphatic carbocycles. The minimum atomic E-state index is -0.471. The van der Waals surface area contributed by atoms with Gasteiger partial charge in [0.05, 0.1) is 5.54 Å². The van der Waals surface area contributed by atoms with Crippen LogP contribution in [0.15, 0.2) is 22.9 Å². The summed E-state index contributed by atoms with van der Waals surface area (Å²) in [5, 5.41) is 4.04. The van der Waals surface area contributed by atoms with Crippen molar-refractivity contribution in [3.63, 3.8) is 0 Å². The summed E-state index contributed by atoms with van der Waals surface area (Å²) in [6.45, 7) is 4.27. The number of hydrogen-bond donors (Lipinski definition) is 1. The SMILES string of the molecule is Cc1ccnc(-c2noc(C3(N)CCC(C)CC3)n2)c1. The molecule has 1 aliphatic rings. The van der Waals surface area contributed by atoms with Crippen LogP contribution in [0.2, 0.25) is 0 Å². The van der Waals surface area contributed by atoms with Crippen LogP contribution in [0, 0.1) is 12.8 Å². The molecule has 2 N–H and O–H groups in total. The molecule has 0 atom stereocenters. The highest BCUT2D eigenvalue weighted by molar-refractivity contribution is 5.49. The molecule has 1 fully saturated rings. The second kappa shape index (κ2) is 4.98. The van der Waals surface area contributed by atoms with Gasteiger partial charge < -0.3 is 10.3 Å². The highest BCUT2D eigenvalue weighted by Gasteiger charge is 2.37. The zero-order valence-electron chi connectivity index (χ0n) is 12.0. The van der Waals surface area contributed by atoms with Gasteiger partial charge in [0, 0.05) is 6.20 Å². The third-order valence-electron chi connectivity index (χ3n) is 4.16. The van der Waals surface area contributed by atoms with Crippen LogP contribution >= 0.6 is 0 Å². The van der Waals surface area contributed by atoms with Crippen molar-refractivity contribution in [2.75, 3.05) is 0 Å². The van der Waals surface area contributed by atoms with E-state index in [1.165, 1.54) is 0 Å². The van der Waals surface area contributed by atoms with E-state index in [-0.39, 0.29) is 0 Å². The van der Waals surface area contributed by atoms with Gasteiger partial charge in [0.15, 0.2) is 0 Å². The van der Waals surface area contributed by atoms with Crippen molar-refractivity contribution in [1.82, 2.24) is 15.1 Å². The van der Waals surface area contributed by atoms with Crippen LogP contribution in [0.25, 0.3) is 11.5 Å². The van der Waals surface area contributed by atoms with Gasteiger partial charge >= 0.3 is 0 Å². The summed E-state index contributed by atoms with van der Waals surface area (Å²) in [4.78, 5) is 8.75. The molecule has 0 radical (unpaired) electrons. The molecular weight excluding hydrogens is 252 g/mol. The van der Waals surface area contributed by atoms with E-state index in [1.54, 1.807) is 6.20 Å². The fourth-order valence-electron chi connectivity index (χ4n) is 2.68. The molecule has 20 heavy (non-hydrogen) atoms. The van der Waals surface area contributed by atoms with Gasteiger partial charge in [0.25, 0.3) is 0 Å². The van der Waals surface area contributed by atoms with Gasteiger partial charge in [-0.05, 0) is 56.2 Å². The van der Waals surface area contributed by atoms with Crippen molar-refractivity contribution in [2.24, 2.45) is 11.7 Å². The van der Waals surface area contributed by atoms with Gasteiger partial charge in [-0.2, -0.15) is 4.98 Å². The third-order valence-corrected chi connectivity index (χ3v) is 4.16. The van der Waals surface area contributed by atoms with E-state index >= 15 is 0 Å². The lowest BCUT2D eigenvalue weighted by Crippen LogP contribution is -2.40. The molecule has 0 saturated heterocycles. The van der Waals surface area contributed by atoms with Gasteiger partial charge in [0.2, 0.25) is 11.7 Å². The van der Waals surface area contributed by atoms with E-state index in [1.807, 2.05) is 19.1 Å². The molecule has 2 heterocycles. The maximum absolute atomic E-state index is 6.45. The lowest BCUT2D eigenvalue weighted by atomic mass is 9.78. The minimum Gasteiger partial charge on any atom is -0.337 e. The average Bonchev–Trinajstić information content (AvgIpc) is 2.93. The van der Waals surface area contributed by atoms with Crippen molar-refractivity contribution in [1.29, 1.82) is 0 Å². The summed E-state index contributed by atoms with van der Waals surface area (Å²) in [5.74, 6) is 1.79. The molecule has 2 aromatic heterocycles. The molecule has 0 amide bonds. The summed E-state index contributed by atoms with van der Waals surface area (Å²) < 4.78 is 5.41. The Morgan fingerprint density at radius 1 is 1.35 bits per heavy atom. The first-order valence-electron chi connectivity index (χ1n) is 7.13. The summed E-state index contributed by atoms with van der Waals surface area (Å²) in [7, 11) is 0. The second-order valence-electron chi connectivity index (χ2n) is 5.98. The fourth-order valence-corrected chi connectivity index (χ4v) is 2.68. The van der Waals surface area contributed by atoms with E-state index in [0.717, 1.165) is 42.9 Å². The molecule has 0 aromatic carbocycles. The van der Waals surface area contributed by atoms with E-state index in [9.17, 15) is 0 Å². The largest absolute Gasteiger partial charge is 0.337 e. The van der Waals surface area contributed by atoms with Crippen LogP contribution in [0.5, 0.6) is 0 Å². The van der Waals surface area contributed by atoms with Crippen molar-refractivity contribution in [3.05, 3.63) is 29.8 Å². The van der Waals surface area contributed by atoms with Crippen molar-refractivity contribution >= 4 is 0 Å². The lowest BCUT2D eigenvalue weighted by Gasteiger charge is -2.32. The number of hydrogen-bond acceptors (Lipinski definition) is 5. The third kappa shape index (κ3) is 2.45. The maximum atomic E-state index is 6.45. The molecule has 0 aliphatic heterocycles. The van der Waals surface area contributed by atoms with Crippen LogP contribution in [0.1, 0.15) is 44.1 Å². The van der Waals surface area contributed by atoms with Crippen molar-refractivity contribution in [3.8, 4) is 11.5 Å². The van der Waals surface area contributed by atoms with E-state index in [2.05, 4.69) is 22.0 Å². The van der Waals surface area contributed by atoms with Gasteiger partial charge in [-0.15, -0.1) is 0 Å². The molecule has 106 valence electrons. The molecule has 5 nitrogen and oxygen atoms in total. The number of nitrogens with zero attached hydrogens (tertiary/aromatic N) is 3. The summed E-state index contributed by atoms with van der Waals surface area (Å²) in [6, 6.07) is 3.89. The van der Waals surface area contributed by atoms with Gasteiger partial charge in [-0.1, -0.05) is 12.1 Å². The number of aromatic nitrogens is 3. The molecule has 0 bridgehead atoms. The quantitative estimate of drug-likeness (QED) is 0.909. The first-order valence-corrected chi connectivity index (χ1v) is 7.13. The summed E-state index contributed by atoms with van der Waals surface area (Å²) >= 11 is 0. The zero-order chi connectivity index (χ0) is 14.2. The molecular formula is C15H20N4O. The Morgan fingerprint density at radius 3 is 2.80 bits per heavy atom. The van der Waals surface area contributed by atoms with Crippen molar-refractivity contribution in [2.45, 2.75) is 45.1 Å². The monoisotopic (exact) mass is 272 g/mol. The molecule has 3 rings (SSSR count). The molecule has 2 aromatic rings. The molecule has 1 saturated carbocycles. The predicted molar refractivity (Wildman–Crippen MR) is 75.8 cm³/mol. The number of pyridine rings is 1. The first kappa shape index (κ1) is 13.2. The molecule has 0 unspecified atom stereocenters. The van der Waals surface area contributed by atoms with Gasteiger partial charge in [-0.3, -0.25) is 4.98 Å². The number of rotatable bonds is 2. The number of aryl methyl sites for hydroxylation is 1. The average molecular weight is 272 g/mol. The first-order chi connectivity index (χ1) is 9.57. The molecule has 0 spiro atoms. The van der Waals surface area contributed by atoms with Crippen LogP contribution < -0.4 is 5.73 Å². The van der Waals surface area contributed by atoms with E-state index in [0.29, 0.717) is 11.7 Å². The topological polar surface area (TPSA) is 77.8 Å². The minimum absolute atomic E-state index is 0.471. The van der Waals surface area contributed by atoms with Crippen LogP contribution in [-0.2, 0) is 5.54 Å². The Kier molecular flexibility index (Phi) is 3.30. The Labute approximate surface area is 118 Å². The molecule has 5 heteroatoms. The van der Waals surface area contributed by atoms with E-state index in [4.69, 9.17) is 10.3 Å². The lowest BCUT2D eigenvalue weighted by molar-refractivity contribution is 0.190. The Balaban J connectivity index is 1.87. The Bertz CT molecular complexity index is 599. The Hall–Kier alpha value is -1.75. The second-order valence-corrected chi connectivity index (χ2v) is 5.98. The normalized spacial score (nSPS) is 26.6.